The molecule has 0 aliphatic carbocycles. The first kappa shape index (κ1) is 27.5. The summed E-state index contributed by atoms with van der Waals surface area (Å²) in [6.07, 6.45) is 5.10. The normalized spacial score (nSPS) is 16.1. The van der Waals surface area contributed by atoms with Gasteiger partial charge in [-0.3, -0.25) is 14.6 Å². The van der Waals surface area contributed by atoms with Gasteiger partial charge in [-0.25, -0.2) is 0 Å². The van der Waals surface area contributed by atoms with Crippen LogP contribution in [0.15, 0.2) is 65.1 Å². The van der Waals surface area contributed by atoms with Crippen LogP contribution in [0.2, 0.25) is 0 Å². The van der Waals surface area contributed by atoms with Crippen molar-refractivity contribution >= 4 is 43.1 Å². The molecule has 3 heterocycles. The molecule has 2 aliphatic heterocycles. The summed E-state index contributed by atoms with van der Waals surface area (Å²) in [7, 11) is 1.67. The van der Waals surface area contributed by atoms with E-state index in [4.69, 9.17) is 9.47 Å². The molecule has 2 fully saturated rings. The molecule has 4 aromatic rings. The Morgan fingerprint density at radius 3 is 2.27 bits per heavy atom. The Balaban J connectivity index is 1.28. The first-order valence-corrected chi connectivity index (χ1v) is 15.8. The third-order valence-electron chi connectivity index (χ3n) is 8.02. The van der Waals surface area contributed by atoms with Crippen LogP contribution in [-0.2, 0) is 6.54 Å². The van der Waals surface area contributed by atoms with E-state index >= 15 is 0 Å². The molecule has 6 rings (SSSR count). The van der Waals surface area contributed by atoms with E-state index in [2.05, 4.69) is 43.9 Å². The Kier molecular flexibility index (Phi) is 8.54. The van der Waals surface area contributed by atoms with Gasteiger partial charge >= 0.3 is 0 Å². The van der Waals surface area contributed by atoms with Crippen LogP contribution < -0.4 is 9.47 Å². The quantitative estimate of drug-likeness (QED) is 0.171. The molecule has 0 amide bonds. The minimum Gasteiger partial charge on any atom is -0.497 e. The molecule has 7 heteroatoms. The number of rotatable bonds is 10. The number of methoxy groups -OCH3 is 1. The molecule has 0 spiro atoms. The van der Waals surface area contributed by atoms with E-state index in [1.807, 2.05) is 42.5 Å². The van der Waals surface area contributed by atoms with Crippen molar-refractivity contribution in [2.75, 3.05) is 46.4 Å². The minimum atomic E-state index is 0.0331. The zero-order valence-electron chi connectivity index (χ0n) is 23.0. The lowest BCUT2D eigenvalue weighted by Crippen LogP contribution is -2.25. The molecule has 2 aliphatic rings. The summed E-state index contributed by atoms with van der Waals surface area (Å²) < 4.78 is 13.5. The lowest BCUT2D eigenvalue weighted by molar-refractivity contribution is 0.104. The number of carbonyl (C=O) groups excluding carboxylic acids is 1. The average Bonchev–Trinajstić information content (AvgIpc) is 3.75. The maximum absolute atomic E-state index is 14.1. The lowest BCUT2D eigenvalue weighted by atomic mass is 9.97. The maximum Gasteiger partial charge on any atom is 0.195 e. The van der Waals surface area contributed by atoms with E-state index in [9.17, 15) is 4.79 Å². The topological polar surface area (TPSA) is 42.0 Å². The molecular formula is C33H35BrN2O3S. The van der Waals surface area contributed by atoms with Gasteiger partial charge in [0.05, 0.1) is 7.11 Å². The number of nitrogens with zero attached hydrogens (tertiary/aromatic N) is 2. The van der Waals surface area contributed by atoms with E-state index in [0.29, 0.717) is 12.2 Å². The number of benzene rings is 3. The Bertz CT molecular complexity index is 1490. The summed E-state index contributed by atoms with van der Waals surface area (Å²) in [5.41, 5.74) is 3.67. The highest BCUT2D eigenvalue weighted by atomic mass is 79.9. The SMILES string of the molecule is COc1ccc2c(C(=O)c3ccc(CN4CCCC4)c(Br)c3)c(-c3ccc(OCCN4CCCC4)cc3)sc2c1. The van der Waals surface area contributed by atoms with Crippen molar-refractivity contribution in [3.05, 3.63) is 81.8 Å². The van der Waals surface area contributed by atoms with Crippen LogP contribution in [0.4, 0.5) is 0 Å². The number of hydrogen-bond acceptors (Lipinski definition) is 6. The molecule has 0 radical (unpaired) electrons. The number of fused-ring (bicyclic) bond motifs is 1. The standard InChI is InChI=1S/C33H35BrN2O3S/c1-38-27-12-13-28-30(21-27)40-33(23-8-10-26(11-9-23)39-19-18-35-14-2-3-15-35)31(28)32(37)24-6-7-25(29(34)20-24)22-36-16-4-5-17-36/h6-13,20-21H,2-5,14-19,22H2,1H3. The van der Waals surface area contributed by atoms with E-state index in [1.54, 1.807) is 18.4 Å². The van der Waals surface area contributed by atoms with E-state index in [0.717, 1.165) is 68.2 Å². The smallest absolute Gasteiger partial charge is 0.195 e. The molecule has 1 aromatic heterocycles. The van der Waals surface area contributed by atoms with Crippen molar-refractivity contribution in [2.45, 2.75) is 32.2 Å². The molecule has 0 unspecified atom stereocenters. The highest BCUT2D eigenvalue weighted by Crippen LogP contribution is 2.42. The summed E-state index contributed by atoms with van der Waals surface area (Å²) in [6.45, 7) is 7.20. The molecule has 5 nitrogen and oxygen atoms in total. The zero-order chi connectivity index (χ0) is 27.5. The van der Waals surface area contributed by atoms with Crippen molar-refractivity contribution in [3.63, 3.8) is 0 Å². The number of hydrogen-bond donors (Lipinski definition) is 0. The van der Waals surface area contributed by atoms with Gasteiger partial charge in [0.25, 0.3) is 0 Å². The molecule has 2 saturated heterocycles. The van der Waals surface area contributed by atoms with E-state index < -0.39 is 0 Å². The van der Waals surface area contributed by atoms with Gasteiger partial charge < -0.3 is 9.47 Å². The second-order valence-corrected chi connectivity index (χ2v) is 12.6. The van der Waals surface area contributed by atoms with Crippen molar-refractivity contribution in [1.29, 1.82) is 0 Å². The molecule has 3 aromatic carbocycles. The summed E-state index contributed by atoms with van der Waals surface area (Å²) in [4.78, 5) is 20.0. The summed E-state index contributed by atoms with van der Waals surface area (Å²) >= 11 is 5.39. The maximum atomic E-state index is 14.1. The molecule has 208 valence electrons. The molecule has 0 bridgehead atoms. The van der Waals surface area contributed by atoms with Crippen LogP contribution >= 0.6 is 27.3 Å². The Hall–Kier alpha value is -2.71. The second kappa shape index (κ2) is 12.4. The number of ether oxygens (including phenoxy) is 2. The summed E-state index contributed by atoms with van der Waals surface area (Å²) in [5, 5.41) is 0.953. The van der Waals surface area contributed by atoms with E-state index in [1.165, 1.54) is 44.3 Å². The van der Waals surface area contributed by atoms with Gasteiger partial charge in [0.2, 0.25) is 0 Å². The van der Waals surface area contributed by atoms with Crippen LogP contribution in [0.25, 0.3) is 20.5 Å². The van der Waals surface area contributed by atoms with Gasteiger partial charge in [0.1, 0.15) is 18.1 Å². The molecular weight excluding hydrogens is 584 g/mol. The fourth-order valence-corrected chi connectivity index (χ4v) is 7.51. The van der Waals surface area contributed by atoms with Gasteiger partial charge in [-0.15, -0.1) is 11.3 Å². The highest BCUT2D eigenvalue weighted by molar-refractivity contribution is 9.10. The number of carbonyl (C=O) groups is 1. The van der Waals surface area contributed by atoms with Gasteiger partial charge in [-0.1, -0.05) is 28.1 Å². The fourth-order valence-electron chi connectivity index (χ4n) is 5.78. The third-order valence-corrected chi connectivity index (χ3v) is 9.96. The monoisotopic (exact) mass is 618 g/mol. The summed E-state index contributed by atoms with van der Waals surface area (Å²) in [6, 6.07) is 20.2. The number of halogens is 1. The van der Waals surface area contributed by atoms with Crippen molar-refractivity contribution in [2.24, 2.45) is 0 Å². The van der Waals surface area contributed by atoms with Crippen LogP contribution in [0, 0.1) is 0 Å². The average molecular weight is 620 g/mol. The van der Waals surface area contributed by atoms with Crippen molar-refractivity contribution in [1.82, 2.24) is 9.80 Å². The van der Waals surface area contributed by atoms with Crippen molar-refractivity contribution in [3.8, 4) is 21.9 Å². The molecule has 0 N–H and O–H groups in total. The Morgan fingerprint density at radius 2 is 1.57 bits per heavy atom. The first-order chi connectivity index (χ1) is 19.6. The fraction of sp³-hybridized carbons (Fsp3) is 0.364. The Labute approximate surface area is 248 Å². The summed E-state index contributed by atoms with van der Waals surface area (Å²) in [5.74, 6) is 1.68. The number of ketones is 1. The van der Waals surface area contributed by atoms with Gasteiger partial charge in [-0.05, 0) is 112 Å². The largest absolute Gasteiger partial charge is 0.497 e. The second-order valence-electron chi connectivity index (χ2n) is 10.7. The van der Waals surface area contributed by atoms with Crippen LogP contribution in [0.5, 0.6) is 11.5 Å². The molecule has 0 atom stereocenters. The molecule has 0 saturated carbocycles. The van der Waals surface area contributed by atoms with Gasteiger partial charge in [0, 0.05) is 43.7 Å². The minimum absolute atomic E-state index is 0.0331. The van der Waals surface area contributed by atoms with Gasteiger partial charge in [0.15, 0.2) is 5.78 Å². The first-order valence-electron chi connectivity index (χ1n) is 14.2. The third kappa shape index (κ3) is 5.98. The predicted octanol–water partition coefficient (Wildman–Crippen LogP) is 7.64. The van der Waals surface area contributed by atoms with Gasteiger partial charge in [-0.2, -0.15) is 0 Å². The lowest BCUT2D eigenvalue weighted by Gasteiger charge is -2.16. The predicted molar refractivity (Wildman–Crippen MR) is 167 cm³/mol. The van der Waals surface area contributed by atoms with Crippen molar-refractivity contribution < 1.29 is 14.3 Å². The van der Waals surface area contributed by atoms with Crippen LogP contribution in [-0.4, -0.2) is 62.0 Å². The number of likely N-dealkylation sites (tertiary alicyclic amines) is 2. The van der Waals surface area contributed by atoms with Crippen LogP contribution in [0.1, 0.15) is 47.2 Å². The van der Waals surface area contributed by atoms with Crippen LogP contribution in [0.3, 0.4) is 0 Å². The van der Waals surface area contributed by atoms with E-state index in [-0.39, 0.29) is 5.78 Å². The Morgan fingerprint density at radius 1 is 0.875 bits per heavy atom. The zero-order valence-corrected chi connectivity index (χ0v) is 25.4. The highest BCUT2D eigenvalue weighted by Gasteiger charge is 2.23. The number of thiophene rings is 1. The molecule has 40 heavy (non-hydrogen) atoms.